The van der Waals surface area contributed by atoms with Crippen LogP contribution in [0.15, 0.2) is 0 Å². The second kappa shape index (κ2) is 5.83. The zero-order valence-corrected chi connectivity index (χ0v) is 19.5. The van der Waals surface area contributed by atoms with Crippen LogP contribution in [-0.2, 0) is 9.16 Å². The van der Waals surface area contributed by atoms with Crippen LogP contribution in [0.5, 0.6) is 0 Å². The average molecular weight is 359 g/mol. The van der Waals surface area contributed by atoms with Crippen molar-refractivity contribution in [2.75, 3.05) is 6.61 Å². The number of ether oxygens (including phenoxy) is 1. The third kappa shape index (κ3) is 3.79. The van der Waals surface area contributed by atoms with Crippen LogP contribution in [0.1, 0.15) is 54.4 Å². The highest BCUT2D eigenvalue weighted by Gasteiger charge is 2.63. The summed E-state index contributed by atoms with van der Waals surface area (Å²) in [4.78, 5) is 0. The van der Waals surface area contributed by atoms with E-state index >= 15 is 0 Å². The molecule has 2 heterocycles. The predicted octanol–water partition coefficient (Wildman–Crippen LogP) is 4.83. The van der Waals surface area contributed by atoms with Crippen molar-refractivity contribution >= 4 is 23.3 Å². The maximum Gasteiger partial charge on any atom is 0.175 e. The summed E-state index contributed by atoms with van der Waals surface area (Å²) in [6.07, 6.45) is 3.09. The van der Waals surface area contributed by atoms with Crippen LogP contribution in [0.2, 0.25) is 36.3 Å². The minimum Gasteiger partial charge on any atom is -0.415 e. The van der Waals surface area contributed by atoms with E-state index in [1.807, 2.05) is 0 Å². The molecule has 5 heteroatoms. The van der Waals surface area contributed by atoms with E-state index in [0.717, 1.165) is 12.1 Å². The first-order valence-corrected chi connectivity index (χ1v) is 19.0. The summed E-state index contributed by atoms with van der Waals surface area (Å²) < 4.78 is 12.7. The van der Waals surface area contributed by atoms with Crippen LogP contribution in [-0.4, -0.2) is 41.6 Å². The molecule has 0 radical (unpaired) electrons. The zero-order chi connectivity index (χ0) is 17.0. The average Bonchev–Trinajstić information content (AvgIpc) is 3.01. The van der Waals surface area contributed by atoms with Gasteiger partial charge < -0.3 is 9.16 Å². The Balaban J connectivity index is 2.44. The monoisotopic (exact) mass is 358 g/mol. The molecule has 0 spiro atoms. The minimum atomic E-state index is -1.70. The molecule has 2 nitrogen and oxygen atoms in total. The highest BCUT2D eigenvalue weighted by molar-refractivity contribution is 7.61. The van der Waals surface area contributed by atoms with Gasteiger partial charge in [0.05, 0.1) is 20.5 Å². The lowest BCUT2D eigenvalue weighted by molar-refractivity contribution is 0.115. The second-order valence-electron chi connectivity index (χ2n) is 10.3. The lowest BCUT2D eigenvalue weighted by Crippen LogP contribution is -2.76. The van der Waals surface area contributed by atoms with Crippen molar-refractivity contribution in [1.29, 1.82) is 0 Å². The van der Waals surface area contributed by atoms with Gasteiger partial charge >= 0.3 is 0 Å². The third-order valence-electron chi connectivity index (χ3n) is 5.85. The van der Waals surface area contributed by atoms with Gasteiger partial charge in [-0.1, -0.05) is 47.2 Å². The van der Waals surface area contributed by atoms with Gasteiger partial charge in [0, 0.05) is 13.2 Å². The van der Waals surface area contributed by atoms with E-state index in [1.165, 1.54) is 18.9 Å². The summed E-state index contributed by atoms with van der Waals surface area (Å²) in [7, 11) is -3.85. The first-order valence-electron chi connectivity index (χ1n) is 9.13. The molecule has 0 bridgehead atoms. The quantitative estimate of drug-likeness (QED) is 0.530. The maximum atomic E-state index is 7.10. The zero-order valence-electron chi connectivity index (χ0n) is 16.4. The Labute approximate surface area is 141 Å². The van der Waals surface area contributed by atoms with E-state index in [0.29, 0.717) is 11.1 Å². The summed E-state index contributed by atoms with van der Waals surface area (Å²) in [5.41, 5.74) is 0.894. The Morgan fingerprint density at radius 3 is 2.18 bits per heavy atom. The Morgan fingerprint density at radius 1 is 1.23 bits per heavy atom. The van der Waals surface area contributed by atoms with Crippen molar-refractivity contribution in [3.63, 3.8) is 0 Å². The fourth-order valence-electron chi connectivity index (χ4n) is 6.34. The van der Waals surface area contributed by atoms with Gasteiger partial charge in [0.1, 0.15) is 0 Å². The van der Waals surface area contributed by atoms with Crippen LogP contribution in [0.3, 0.4) is 0 Å². The summed E-state index contributed by atoms with van der Waals surface area (Å²) in [5.74, 6) is 0. The highest BCUT2D eigenvalue weighted by atomic mass is 29.6. The summed E-state index contributed by atoms with van der Waals surface area (Å²) in [5, 5.41) is 0.491. The minimum absolute atomic E-state index is 0.100. The first-order chi connectivity index (χ1) is 9.82. The number of hydrogen-bond acceptors (Lipinski definition) is 2. The molecule has 2 rings (SSSR count). The van der Waals surface area contributed by atoms with Crippen LogP contribution >= 0.6 is 0 Å². The van der Waals surface area contributed by atoms with Crippen LogP contribution < -0.4 is 0 Å². The summed E-state index contributed by atoms with van der Waals surface area (Å²) in [6.45, 7) is 23.7. The van der Waals surface area contributed by atoms with Gasteiger partial charge in [-0.3, -0.25) is 0 Å². The molecule has 2 saturated heterocycles. The molecule has 0 N–H and O–H groups in total. The molecule has 2 aliphatic rings. The highest BCUT2D eigenvalue weighted by Crippen LogP contribution is 2.52. The molecule has 0 aromatic rings. The third-order valence-corrected chi connectivity index (χ3v) is 43.2. The molecule has 2 fully saturated rings. The van der Waals surface area contributed by atoms with E-state index in [-0.39, 0.29) is 5.60 Å². The van der Waals surface area contributed by atoms with E-state index < -0.39 is 23.3 Å². The van der Waals surface area contributed by atoms with Crippen LogP contribution in [0.4, 0.5) is 0 Å². The van der Waals surface area contributed by atoms with E-state index in [9.17, 15) is 0 Å². The Morgan fingerprint density at radius 2 is 1.77 bits per heavy atom. The van der Waals surface area contributed by atoms with Crippen molar-refractivity contribution in [3.8, 4) is 0 Å². The van der Waals surface area contributed by atoms with E-state index in [2.05, 4.69) is 61.2 Å². The molecule has 0 amide bonds. The second-order valence-corrected chi connectivity index (χ2v) is 33.9. The van der Waals surface area contributed by atoms with Gasteiger partial charge in [-0.05, 0) is 43.4 Å². The Kier molecular flexibility index (Phi) is 5.01. The Bertz CT molecular complexity index is 413. The molecular weight excluding hydrogens is 320 g/mol. The molecular formula is C17H38O2Si3. The maximum absolute atomic E-state index is 7.10. The van der Waals surface area contributed by atoms with Crippen molar-refractivity contribution in [2.24, 2.45) is 0 Å². The van der Waals surface area contributed by atoms with Crippen LogP contribution in [0.25, 0.3) is 0 Å². The van der Waals surface area contributed by atoms with Crippen molar-refractivity contribution in [1.82, 2.24) is 0 Å². The van der Waals surface area contributed by atoms with Crippen molar-refractivity contribution in [3.05, 3.63) is 0 Å². The van der Waals surface area contributed by atoms with Gasteiger partial charge in [-0.15, -0.1) is 0 Å². The molecule has 0 saturated carbocycles. The van der Waals surface area contributed by atoms with Crippen molar-refractivity contribution in [2.45, 2.75) is 102 Å². The standard InChI is InChI=1S/C17H38O2Si3/c1-10-15(11-14-12-18-14)22(9)19-17(5,6)13-21(7,8)20(22)16(2,3)4/h14-15,20H,10-13H2,1-9H3. The molecule has 130 valence electrons. The summed E-state index contributed by atoms with van der Waals surface area (Å²) >= 11 is 0. The predicted molar refractivity (Wildman–Crippen MR) is 104 cm³/mol. The van der Waals surface area contributed by atoms with Gasteiger partial charge in [0.2, 0.25) is 0 Å². The largest absolute Gasteiger partial charge is 0.415 e. The van der Waals surface area contributed by atoms with Gasteiger partial charge in [0.25, 0.3) is 0 Å². The first kappa shape index (κ1) is 18.9. The molecule has 0 aromatic heterocycles. The number of hydrogen-bond donors (Lipinski definition) is 0. The molecule has 22 heavy (non-hydrogen) atoms. The Hall–Kier alpha value is 0.571. The lowest BCUT2D eigenvalue weighted by atomic mass is 10.2. The topological polar surface area (TPSA) is 21.8 Å². The molecule has 4 atom stereocenters. The van der Waals surface area contributed by atoms with Gasteiger partial charge in [0.15, 0.2) is 7.83 Å². The lowest BCUT2D eigenvalue weighted by Gasteiger charge is -2.60. The number of epoxide rings is 1. The van der Waals surface area contributed by atoms with Crippen LogP contribution in [0, 0.1) is 0 Å². The van der Waals surface area contributed by atoms with E-state index in [1.54, 1.807) is 0 Å². The number of rotatable bonds is 4. The normalized spacial score (nSPS) is 38.6. The van der Waals surface area contributed by atoms with E-state index in [4.69, 9.17) is 9.16 Å². The molecule has 0 aromatic carbocycles. The fraction of sp³-hybridized carbons (Fsp3) is 1.00. The SMILES string of the molecule is CCC(CC1CO1)[Si]1(C)OC(C)(C)C[Si](C)(C)[SiH]1C(C)(C)C. The van der Waals surface area contributed by atoms with Gasteiger partial charge in [-0.25, -0.2) is 0 Å². The van der Waals surface area contributed by atoms with Gasteiger partial charge in [-0.2, -0.15) is 0 Å². The molecule has 4 unspecified atom stereocenters. The smallest absolute Gasteiger partial charge is 0.175 e. The van der Waals surface area contributed by atoms with Crippen molar-refractivity contribution < 1.29 is 9.16 Å². The molecule has 0 aliphatic carbocycles. The fourth-order valence-corrected chi connectivity index (χ4v) is 58.4. The molecule has 2 aliphatic heterocycles. The summed E-state index contributed by atoms with van der Waals surface area (Å²) in [6, 6.07) is 1.35.